The number of guanidine groups is 1. The van der Waals surface area contributed by atoms with Gasteiger partial charge in [-0.15, -0.1) is 24.0 Å². The van der Waals surface area contributed by atoms with Gasteiger partial charge in [0.15, 0.2) is 5.96 Å². The molecule has 0 saturated heterocycles. The number of carbonyl (C=O) groups is 1. The molecule has 0 bridgehead atoms. The van der Waals surface area contributed by atoms with Gasteiger partial charge in [0.25, 0.3) is 0 Å². The highest BCUT2D eigenvalue weighted by atomic mass is 127. The molecule has 1 saturated carbocycles. The van der Waals surface area contributed by atoms with E-state index in [1.165, 1.54) is 29.5 Å². The van der Waals surface area contributed by atoms with Crippen molar-refractivity contribution in [2.75, 3.05) is 13.6 Å². The molecule has 0 unspecified atom stereocenters. The van der Waals surface area contributed by atoms with Gasteiger partial charge in [-0.2, -0.15) is 0 Å². The molecular formula is C19H31IN4O. The van der Waals surface area contributed by atoms with Crippen LogP contribution in [0.1, 0.15) is 48.8 Å². The van der Waals surface area contributed by atoms with Crippen molar-refractivity contribution in [3.8, 4) is 0 Å². The Bertz CT molecular complexity index is 583. The van der Waals surface area contributed by atoms with Crippen molar-refractivity contribution in [2.24, 2.45) is 4.99 Å². The lowest BCUT2D eigenvalue weighted by atomic mass is 10.1. The molecule has 0 atom stereocenters. The van der Waals surface area contributed by atoms with Gasteiger partial charge in [0.05, 0.1) is 0 Å². The van der Waals surface area contributed by atoms with Crippen molar-refractivity contribution in [1.29, 1.82) is 0 Å². The van der Waals surface area contributed by atoms with E-state index in [1.54, 1.807) is 7.05 Å². The Morgan fingerprint density at radius 3 is 2.56 bits per heavy atom. The fraction of sp³-hybridized carbons (Fsp3) is 0.579. The number of rotatable bonds is 6. The number of aryl methyl sites for hydroxylation is 2. The van der Waals surface area contributed by atoms with E-state index >= 15 is 0 Å². The first kappa shape index (κ1) is 21.7. The van der Waals surface area contributed by atoms with Gasteiger partial charge in [0.2, 0.25) is 5.91 Å². The maximum Gasteiger partial charge on any atom is 0.221 e. The van der Waals surface area contributed by atoms with Gasteiger partial charge < -0.3 is 16.0 Å². The lowest BCUT2D eigenvalue weighted by Gasteiger charge is -2.15. The summed E-state index contributed by atoms with van der Waals surface area (Å²) in [5.74, 6) is 0.850. The van der Waals surface area contributed by atoms with Crippen LogP contribution < -0.4 is 16.0 Å². The summed E-state index contributed by atoms with van der Waals surface area (Å²) in [5.41, 5.74) is 3.79. The lowest BCUT2D eigenvalue weighted by molar-refractivity contribution is -0.121. The van der Waals surface area contributed by atoms with E-state index in [0.717, 1.165) is 25.3 Å². The smallest absolute Gasteiger partial charge is 0.221 e. The van der Waals surface area contributed by atoms with Gasteiger partial charge in [0.1, 0.15) is 0 Å². The van der Waals surface area contributed by atoms with Crippen LogP contribution in [0.2, 0.25) is 0 Å². The normalized spacial score (nSPS) is 14.8. The first-order valence-electron chi connectivity index (χ1n) is 8.88. The summed E-state index contributed by atoms with van der Waals surface area (Å²) in [6.07, 6.45) is 5.19. The molecule has 0 radical (unpaired) electrons. The highest BCUT2D eigenvalue weighted by Crippen LogP contribution is 2.17. The fourth-order valence-corrected chi connectivity index (χ4v) is 3.11. The number of hydrogen-bond acceptors (Lipinski definition) is 2. The standard InChI is InChI=1S/C19H30N4O.HI/c1-14-8-9-16(15(2)12-14)13-22-19(20-3)21-11-10-18(24)23-17-6-4-5-7-17;/h8-9,12,17H,4-7,10-11,13H2,1-3H3,(H,23,24)(H2,20,21,22);1H. The van der Waals surface area contributed by atoms with Gasteiger partial charge >= 0.3 is 0 Å². The largest absolute Gasteiger partial charge is 0.356 e. The molecule has 140 valence electrons. The molecule has 5 nitrogen and oxygen atoms in total. The van der Waals surface area contributed by atoms with Crippen LogP contribution in [0.3, 0.4) is 0 Å². The second-order valence-corrected chi connectivity index (χ2v) is 6.58. The third kappa shape index (κ3) is 7.63. The van der Waals surface area contributed by atoms with Crippen molar-refractivity contribution < 1.29 is 4.79 Å². The number of nitrogens with one attached hydrogen (secondary N) is 3. The molecular weight excluding hydrogens is 427 g/mol. The highest BCUT2D eigenvalue weighted by molar-refractivity contribution is 14.0. The Morgan fingerprint density at radius 2 is 1.92 bits per heavy atom. The minimum atomic E-state index is 0. The van der Waals surface area contributed by atoms with Gasteiger partial charge in [0, 0.05) is 32.6 Å². The number of carbonyl (C=O) groups excluding carboxylic acids is 1. The van der Waals surface area contributed by atoms with Crippen molar-refractivity contribution in [3.63, 3.8) is 0 Å². The number of nitrogens with zero attached hydrogens (tertiary/aromatic N) is 1. The van der Waals surface area contributed by atoms with Crippen molar-refractivity contribution in [3.05, 3.63) is 34.9 Å². The molecule has 0 aromatic heterocycles. The molecule has 1 fully saturated rings. The summed E-state index contributed by atoms with van der Waals surface area (Å²) in [4.78, 5) is 16.1. The van der Waals surface area contributed by atoms with Crippen LogP contribution in [-0.2, 0) is 11.3 Å². The van der Waals surface area contributed by atoms with E-state index in [2.05, 4.69) is 53.0 Å². The molecule has 1 aliphatic carbocycles. The second kappa shape index (κ2) is 11.3. The maximum atomic E-state index is 11.9. The summed E-state index contributed by atoms with van der Waals surface area (Å²) in [7, 11) is 1.75. The Hall–Kier alpha value is -1.31. The van der Waals surface area contributed by atoms with E-state index in [4.69, 9.17) is 0 Å². The topological polar surface area (TPSA) is 65.5 Å². The van der Waals surface area contributed by atoms with Gasteiger partial charge in [-0.3, -0.25) is 9.79 Å². The zero-order chi connectivity index (χ0) is 17.4. The van der Waals surface area contributed by atoms with Crippen molar-refractivity contribution >= 4 is 35.8 Å². The van der Waals surface area contributed by atoms with E-state index in [-0.39, 0.29) is 29.9 Å². The molecule has 1 aromatic carbocycles. The quantitative estimate of drug-likeness (QED) is 0.349. The summed E-state index contributed by atoms with van der Waals surface area (Å²) in [6, 6.07) is 6.83. The molecule has 0 aliphatic heterocycles. The second-order valence-electron chi connectivity index (χ2n) is 6.58. The van der Waals surface area contributed by atoms with Crippen LogP contribution in [0.25, 0.3) is 0 Å². The molecule has 1 amide bonds. The number of amides is 1. The molecule has 25 heavy (non-hydrogen) atoms. The maximum absolute atomic E-state index is 11.9. The Morgan fingerprint density at radius 1 is 1.20 bits per heavy atom. The molecule has 3 N–H and O–H groups in total. The predicted octanol–water partition coefficient (Wildman–Crippen LogP) is 3.04. The first-order valence-corrected chi connectivity index (χ1v) is 8.88. The zero-order valence-electron chi connectivity index (χ0n) is 15.5. The highest BCUT2D eigenvalue weighted by Gasteiger charge is 2.16. The van der Waals surface area contributed by atoms with Gasteiger partial charge in [-0.1, -0.05) is 36.6 Å². The molecule has 2 rings (SSSR count). The molecule has 0 heterocycles. The average molecular weight is 458 g/mol. The zero-order valence-corrected chi connectivity index (χ0v) is 17.9. The van der Waals surface area contributed by atoms with Crippen molar-refractivity contribution in [2.45, 2.75) is 58.5 Å². The van der Waals surface area contributed by atoms with Crippen LogP contribution >= 0.6 is 24.0 Å². The lowest BCUT2D eigenvalue weighted by Crippen LogP contribution is -2.40. The fourth-order valence-electron chi connectivity index (χ4n) is 3.11. The summed E-state index contributed by atoms with van der Waals surface area (Å²) in [6.45, 7) is 5.53. The van der Waals surface area contributed by atoms with E-state index in [9.17, 15) is 4.79 Å². The van der Waals surface area contributed by atoms with Crippen LogP contribution in [0.15, 0.2) is 23.2 Å². The molecule has 1 aromatic rings. The van der Waals surface area contributed by atoms with Gasteiger partial charge in [-0.05, 0) is 37.8 Å². The number of hydrogen-bond donors (Lipinski definition) is 3. The summed E-state index contributed by atoms with van der Waals surface area (Å²) < 4.78 is 0. The summed E-state index contributed by atoms with van der Waals surface area (Å²) in [5, 5.41) is 9.61. The van der Waals surface area contributed by atoms with E-state index in [1.807, 2.05) is 0 Å². The van der Waals surface area contributed by atoms with Crippen LogP contribution in [0.4, 0.5) is 0 Å². The van der Waals surface area contributed by atoms with E-state index < -0.39 is 0 Å². The predicted molar refractivity (Wildman–Crippen MR) is 115 cm³/mol. The Balaban J connectivity index is 0.00000312. The number of halogens is 1. The molecule has 1 aliphatic rings. The van der Waals surface area contributed by atoms with Crippen molar-refractivity contribution in [1.82, 2.24) is 16.0 Å². The molecule has 0 spiro atoms. The van der Waals surface area contributed by atoms with Crippen LogP contribution in [-0.4, -0.2) is 31.5 Å². The molecule has 6 heteroatoms. The van der Waals surface area contributed by atoms with Gasteiger partial charge in [-0.25, -0.2) is 0 Å². The monoisotopic (exact) mass is 458 g/mol. The van der Waals surface area contributed by atoms with Crippen LogP contribution in [0.5, 0.6) is 0 Å². The van der Waals surface area contributed by atoms with E-state index in [0.29, 0.717) is 19.0 Å². The number of aliphatic imine (C=N–C) groups is 1. The SMILES string of the molecule is CN=C(NCCC(=O)NC1CCCC1)NCc1ccc(C)cc1C.I. The third-order valence-corrected chi connectivity index (χ3v) is 4.53. The number of benzene rings is 1. The first-order chi connectivity index (χ1) is 11.6. The Labute approximate surface area is 168 Å². The Kier molecular flexibility index (Phi) is 9.85. The van der Waals surface area contributed by atoms with Crippen LogP contribution in [0, 0.1) is 13.8 Å². The average Bonchev–Trinajstić information content (AvgIpc) is 3.05. The minimum Gasteiger partial charge on any atom is -0.356 e. The minimum absolute atomic E-state index is 0. The third-order valence-electron chi connectivity index (χ3n) is 4.53. The summed E-state index contributed by atoms with van der Waals surface area (Å²) >= 11 is 0.